The van der Waals surface area contributed by atoms with Crippen molar-refractivity contribution in [2.75, 3.05) is 13.2 Å². The van der Waals surface area contributed by atoms with Crippen LogP contribution < -0.4 is 0 Å². The highest BCUT2D eigenvalue weighted by atomic mass is 16.5. The topological polar surface area (TPSA) is 60.2 Å². The van der Waals surface area contributed by atoms with E-state index in [1.807, 2.05) is 24.0 Å². The quantitative estimate of drug-likeness (QED) is 0.867. The van der Waals surface area contributed by atoms with E-state index in [9.17, 15) is 4.79 Å². The molecule has 1 aliphatic heterocycles. The zero-order valence-corrected chi connectivity index (χ0v) is 14.0. The Balaban J connectivity index is 1.83. The third-order valence-corrected chi connectivity index (χ3v) is 4.41. The summed E-state index contributed by atoms with van der Waals surface area (Å²) in [4.78, 5) is 19.3. The number of rotatable bonds is 4. The Morgan fingerprint density at radius 2 is 2.17 bits per heavy atom. The molecular weight excluding hydrogens is 292 g/mol. The molecule has 0 bridgehead atoms. The summed E-state index contributed by atoms with van der Waals surface area (Å²) in [5.74, 6) is 0.0990. The number of nitrogens with zero attached hydrogens (tertiary/aromatic N) is 4. The molecule has 1 aliphatic rings. The Morgan fingerprint density at radius 1 is 1.43 bits per heavy atom. The van der Waals surface area contributed by atoms with Crippen molar-refractivity contribution in [2.45, 2.75) is 52.2 Å². The minimum atomic E-state index is 0.0990. The van der Waals surface area contributed by atoms with Gasteiger partial charge in [-0.1, -0.05) is 0 Å². The average Bonchev–Trinajstić information content (AvgIpc) is 2.85. The highest BCUT2D eigenvalue weighted by molar-refractivity contribution is 5.81. The number of carbonyl (C=O) groups is 1. The molecule has 6 heteroatoms. The van der Waals surface area contributed by atoms with Crippen LogP contribution in [0.2, 0.25) is 0 Å². The van der Waals surface area contributed by atoms with E-state index in [2.05, 4.69) is 23.9 Å². The summed E-state index contributed by atoms with van der Waals surface area (Å²) in [6, 6.07) is 4.31. The van der Waals surface area contributed by atoms with Crippen molar-refractivity contribution in [1.82, 2.24) is 19.7 Å². The summed E-state index contributed by atoms with van der Waals surface area (Å²) in [5, 5.41) is 5.50. The molecule has 0 N–H and O–H groups in total. The smallest absolute Gasteiger partial charge is 0.244 e. The maximum absolute atomic E-state index is 12.9. The SMILES string of the molecule is Cc1nn(CC(=O)N(C(C)C)C2CCOCC2)c2ncccc12. The summed E-state index contributed by atoms with van der Waals surface area (Å²) in [6.07, 6.45) is 3.55. The molecule has 3 heterocycles. The molecule has 2 aromatic rings. The lowest BCUT2D eigenvalue weighted by molar-refractivity contribution is -0.138. The Bertz CT molecular complexity index is 689. The minimum Gasteiger partial charge on any atom is -0.381 e. The number of amides is 1. The molecule has 0 saturated carbocycles. The largest absolute Gasteiger partial charge is 0.381 e. The molecule has 0 unspecified atom stereocenters. The van der Waals surface area contributed by atoms with Gasteiger partial charge in [0, 0.05) is 36.9 Å². The Labute approximate surface area is 136 Å². The molecule has 0 spiro atoms. The maximum atomic E-state index is 12.9. The summed E-state index contributed by atoms with van der Waals surface area (Å²) in [6.45, 7) is 7.77. The van der Waals surface area contributed by atoms with Crippen LogP contribution in [0.1, 0.15) is 32.4 Å². The fourth-order valence-corrected chi connectivity index (χ4v) is 3.36. The van der Waals surface area contributed by atoms with Crippen LogP contribution in [0.4, 0.5) is 0 Å². The van der Waals surface area contributed by atoms with Crippen LogP contribution >= 0.6 is 0 Å². The summed E-state index contributed by atoms with van der Waals surface area (Å²) >= 11 is 0. The molecule has 23 heavy (non-hydrogen) atoms. The fraction of sp³-hybridized carbons (Fsp3) is 0.588. The fourth-order valence-electron chi connectivity index (χ4n) is 3.36. The molecule has 0 aromatic carbocycles. The Morgan fingerprint density at radius 3 is 2.87 bits per heavy atom. The highest BCUT2D eigenvalue weighted by Gasteiger charge is 2.28. The lowest BCUT2D eigenvalue weighted by atomic mass is 10.1. The van der Waals surface area contributed by atoms with Gasteiger partial charge in [0.15, 0.2) is 5.65 Å². The van der Waals surface area contributed by atoms with Gasteiger partial charge >= 0.3 is 0 Å². The van der Waals surface area contributed by atoms with E-state index in [1.54, 1.807) is 10.9 Å². The third-order valence-electron chi connectivity index (χ3n) is 4.41. The second-order valence-electron chi connectivity index (χ2n) is 6.36. The predicted octanol–water partition coefficient (Wildman–Crippen LogP) is 2.16. The van der Waals surface area contributed by atoms with Crippen molar-refractivity contribution in [3.05, 3.63) is 24.0 Å². The van der Waals surface area contributed by atoms with E-state index in [0.29, 0.717) is 0 Å². The van der Waals surface area contributed by atoms with E-state index in [1.165, 1.54) is 0 Å². The normalized spacial score (nSPS) is 16.2. The molecule has 3 rings (SSSR count). The van der Waals surface area contributed by atoms with E-state index in [0.717, 1.165) is 42.8 Å². The van der Waals surface area contributed by atoms with Gasteiger partial charge in [-0.15, -0.1) is 0 Å². The van der Waals surface area contributed by atoms with E-state index in [4.69, 9.17) is 4.74 Å². The number of aryl methyl sites for hydroxylation is 1. The molecule has 1 fully saturated rings. The second-order valence-corrected chi connectivity index (χ2v) is 6.36. The van der Waals surface area contributed by atoms with E-state index in [-0.39, 0.29) is 24.5 Å². The number of carbonyl (C=O) groups excluding carboxylic acids is 1. The molecule has 1 amide bonds. The van der Waals surface area contributed by atoms with Crippen molar-refractivity contribution in [3.63, 3.8) is 0 Å². The number of ether oxygens (including phenoxy) is 1. The lowest BCUT2D eigenvalue weighted by Gasteiger charge is -2.37. The van der Waals surface area contributed by atoms with Crippen LogP contribution in [-0.2, 0) is 16.1 Å². The summed E-state index contributed by atoms with van der Waals surface area (Å²) < 4.78 is 7.15. The van der Waals surface area contributed by atoms with Crippen molar-refractivity contribution in [3.8, 4) is 0 Å². The van der Waals surface area contributed by atoms with Gasteiger partial charge in [0.2, 0.25) is 5.91 Å². The Hall–Kier alpha value is -1.95. The van der Waals surface area contributed by atoms with Gasteiger partial charge in [-0.2, -0.15) is 5.10 Å². The average molecular weight is 316 g/mol. The van der Waals surface area contributed by atoms with Gasteiger partial charge in [-0.05, 0) is 45.7 Å². The van der Waals surface area contributed by atoms with Crippen molar-refractivity contribution >= 4 is 16.9 Å². The zero-order chi connectivity index (χ0) is 16.4. The molecule has 6 nitrogen and oxygen atoms in total. The second kappa shape index (κ2) is 6.66. The first kappa shape index (κ1) is 15.9. The van der Waals surface area contributed by atoms with Crippen LogP contribution in [-0.4, -0.2) is 50.9 Å². The van der Waals surface area contributed by atoms with Crippen molar-refractivity contribution in [1.29, 1.82) is 0 Å². The molecule has 0 radical (unpaired) electrons. The molecule has 124 valence electrons. The van der Waals surface area contributed by atoms with E-state index < -0.39 is 0 Å². The molecule has 1 saturated heterocycles. The van der Waals surface area contributed by atoms with Gasteiger partial charge < -0.3 is 9.64 Å². The standard InChI is InChI=1S/C17H24N4O2/c1-12(2)21(14-6-9-23-10-7-14)16(22)11-20-17-15(13(3)19-20)5-4-8-18-17/h4-5,8,12,14H,6-7,9-11H2,1-3H3. The number of hydrogen-bond donors (Lipinski definition) is 0. The summed E-state index contributed by atoms with van der Waals surface area (Å²) in [7, 11) is 0. The molecule has 0 atom stereocenters. The number of fused-ring (bicyclic) bond motifs is 1. The summed E-state index contributed by atoms with van der Waals surface area (Å²) in [5.41, 5.74) is 1.68. The van der Waals surface area contributed by atoms with Crippen molar-refractivity contribution < 1.29 is 9.53 Å². The predicted molar refractivity (Wildman–Crippen MR) is 88.1 cm³/mol. The van der Waals surface area contributed by atoms with Gasteiger partial charge in [-0.25, -0.2) is 9.67 Å². The number of hydrogen-bond acceptors (Lipinski definition) is 4. The molecule has 2 aromatic heterocycles. The highest BCUT2D eigenvalue weighted by Crippen LogP contribution is 2.19. The maximum Gasteiger partial charge on any atom is 0.244 e. The lowest BCUT2D eigenvalue weighted by Crippen LogP contribution is -2.48. The number of aromatic nitrogens is 3. The van der Waals surface area contributed by atoms with Gasteiger partial charge in [0.1, 0.15) is 6.54 Å². The van der Waals surface area contributed by atoms with E-state index >= 15 is 0 Å². The van der Waals surface area contributed by atoms with Crippen molar-refractivity contribution in [2.24, 2.45) is 0 Å². The van der Waals surface area contributed by atoms with Crippen LogP contribution in [0, 0.1) is 6.92 Å². The van der Waals surface area contributed by atoms with Gasteiger partial charge in [0.05, 0.1) is 5.69 Å². The minimum absolute atomic E-state index is 0.0990. The molecular formula is C17H24N4O2. The molecule has 0 aliphatic carbocycles. The van der Waals surface area contributed by atoms with Gasteiger partial charge in [-0.3, -0.25) is 4.79 Å². The van der Waals surface area contributed by atoms with Crippen LogP contribution in [0.15, 0.2) is 18.3 Å². The zero-order valence-electron chi connectivity index (χ0n) is 14.0. The monoisotopic (exact) mass is 316 g/mol. The first-order valence-electron chi connectivity index (χ1n) is 8.25. The third kappa shape index (κ3) is 3.22. The number of pyridine rings is 1. The first-order valence-corrected chi connectivity index (χ1v) is 8.25. The van der Waals surface area contributed by atoms with Gasteiger partial charge in [0.25, 0.3) is 0 Å². The van der Waals surface area contributed by atoms with Crippen LogP contribution in [0.25, 0.3) is 11.0 Å². The Kier molecular flexibility index (Phi) is 4.61. The van der Waals surface area contributed by atoms with Crippen LogP contribution in [0.3, 0.4) is 0 Å². The first-order chi connectivity index (χ1) is 11.1. The van der Waals surface area contributed by atoms with Crippen LogP contribution in [0.5, 0.6) is 0 Å².